The van der Waals surface area contributed by atoms with E-state index in [2.05, 4.69) is 28.1 Å². The van der Waals surface area contributed by atoms with Crippen molar-refractivity contribution in [3.05, 3.63) is 34.8 Å². The summed E-state index contributed by atoms with van der Waals surface area (Å²) in [6, 6.07) is 10.3. The van der Waals surface area contributed by atoms with Crippen LogP contribution in [-0.4, -0.2) is 19.1 Å². The monoisotopic (exact) mass is 243 g/mol. The molecule has 0 unspecified atom stereocenters. The van der Waals surface area contributed by atoms with Gasteiger partial charge in [0.2, 0.25) is 0 Å². The maximum absolute atomic E-state index is 8.88. The second kappa shape index (κ2) is 4.56. The molecule has 0 bridgehead atoms. The van der Waals surface area contributed by atoms with Gasteiger partial charge in [-0.1, -0.05) is 0 Å². The number of hydrogen-bond donors (Lipinski definition) is 0. The molecule has 0 N–H and O–H groups in total. The molecular formula is C13H13N3S. The van der Waals surface area contributed by atoms with E-state index in [1.54, 1.807) is 11.3 Å². The predicted octanol–water partition coefficient (Wildman–Crippen LogP) is 3.06. The van der Waals surface area contributed by atoms with Gasteiger partial charge in [0.25, 0.3) is 0 Å². The number of aryl methyl sites for hydroxylation is 1. The lowest BCUT2D eigenvalue weighted by Gasteiger charge is -2.11. The van der Waals surface area contributed by atoms with Crippen LogP contribution in [0.2, 0.25) is 0 Å². The highest BCUT2D eigenvalue weighted by molar-refractivity contribution is 7.15. The van der Waals surface area contributed by atoms with Crippen LogP contribution in [0.3, 0.4) is 0 Å². The van der Waals surface area contributed by atoms with E-state index in [4.69, 9.17) is 5.26 Å². The van der Waals surface area contributed by atoms with Crippen LogP contribution in [0.5, 0.6) is 0 Å². The minimum atomic E-state index is 0.529. The molecule has 1 heterocycles. The molecular weight excluding hydrogens is 230 g/mol. The zero-order chi connectivity index (χ0) is 12.4. The van der Waals surface area contributed by atoms with E-state index in [0.717, 1.165) is 21.1 Å². The van der Waals surface area contributed by atoms with Crippen LogP contribution in [-0.2, 0) is 0 Å². The lowest BCUT2D eigenvalue weighted by molar-refractivity contribution is 1.13. The van der Waals surface area contributed by atoms with Crippen molar-refractivity contribution < 1.29 is 0 Å². The maximum atomic E-state index is 8.88. The Morgan fingerprint density at radius 3 is 2.35 bits per heavy atom. The molecule has 0 atom stereocenters. The first-order valence-electron chi connectivity index (χ1n) is 5.27. The smallest absolute Gasteiger partial charge is 0.155 e. The van der Waals surface area contributed by atoms with Gasteiger partial charge in [0.05, 0.1) is 0 Å². The molecule has 0 saturated carbocycles. The van der Waals surface area contributed by atoms with Crippen molar-refractivity contribution in [1.82, 2.24) is 4.98 Å². The fraction of sp³-hybridized carbons (Fsp3) is 0.231. The van der Waals surface area contributed by atoms with Gasteiger partial charge in [-0.25, -0.2) is 4.98 Å². The van der Waals surface area contributed by atoms with Crippen molar-refractivity contribution in [3.8, 4) is 16.6 Å². The van der Waals surface area contributed by atoms with Crippen LogP contribution < -0.4 is 4.90 Å². The van der Waals surface area contributed by atoms with Crippen LogP contribution in [0.1, 0.15) is 10.6 Å². The van der Waals surface area contributed by atoms with Gasteiger partial charge in [-0.3, -0.25) is 0 Å². The van der Waals surface area contributed by atoms with Gasteiger partial charge in [0.1, 0.15) is 11.1 Å². The van der Waals surface area contributed by atoms with E-state index < -0.39 is 0 Å². The molecule has 0 fully saturated rings. The molecule has 4 heteroatoms. The van der Waals surface area contributed by atoms with Gasteiger partial charge in [-0.2, -0.15) is 5.26 Å². The highest BCUT2D eigenvalue weighted by Gasteiger charge is 2.08. The first-order valence-corrected chi connectivity index (χ1v) is 6.08. The van der Waals surface area contributed by atoms with Gasteiger partial charge in [0.15, 0.2) is 5.69 Å². The van der Waals surface area contributed by atoms with E-state index in [1.165, 1.54) is 0 Å². The van der Waals surface area contributed by atoms with Crippen LogP contribution in [0.25, 0.3) is 10.6 Å². The van der Waals surface area contributed by atoms with Crippen LogP contribution in [0.4, 0.5) is 5.69 Å². The molecule has 0 aliphatic heterocycles. The summed E-state index contributed by atoms with van der Waals surface area (Å²) in [4.78, 5) is 7.34. The molecule has 2 rings (SSSR count). The summed E-state index contributed by atoms with van der Waals surface area (Å²) in [5.74, 6) is 0. The fourth-order valence-electron chi connectivity index (χ4n) is 1.53. The summed E-state index contributed by atoms with van der Waals surface area (Å²) in [6.45, 7) is 1.92. The largest absolute Gasteiger partial charge is 0.378 e. The van der Waals surface area contributed by atoms with Gasteiger partial charge >= 0.3 is 0 Å². The van der Waals surface area contributed by atoms with Crippen molar-refractivity contribution in [1.29, 1.82) is 5.26 Å². The lowest BCUT2D eigenvalue weighted by Crippen LogP contribution is -2.07. The molecule has 0 spiro atoms. The van der Waals surface area contributed by atoms with E-state index in [-0.39, 0.29) is 0 Å². The Bertz CT molecular complexity index is 561. The molecule has 2 aromatic rings. The summed E-state index contributed by atoms with van der Waals surface area (Å²) < 4.78 is 0. The summed E-state index contributed by atoms with van der Waals surface area (Å²) in [7, 11) is 4.02. The number of thiazole rings is 1. The molecule has 1 aromatic carbocycles. The van der Waals surface area contributed by atoms with E-state index in [0.29, 0.717) is 5.69 Å². The normalized spacial score (nSPS) is 10.0. The first kappa shape index (κ1) is 11.6. The van der Waals surface area contributed by atoms with Crippen molar-refractivity contribution in [2.75, 3.05) is 19.0 Å². The van der Waals surface area contributed by atoms with Crippen LogP contribution in [0, 0.1) is 18.3 Å². The quantitative estimate of drug-likeness (QED) is 0.814. The zero-order valence-electron chi connectivity index (χ0n) is 10.1. The summed E-state index contributed by atoms with van der Waals surface area (Å²) >= 11 is 1.56. The minimum Gasteiger partial charge on any atom is -0.378 e. The molecule has 3 nitrogen and oxygen atoms in total. The number of benzene rings is 1. The third-order valence-electron chi connectivity index (χ3n) is 2.53. The Morgan fingerprint density at radius 1 is 1.24 bits per heavy atom. The fourth-order valence-corrected chi connectivity index (χ4v) is 2.39. The summed E-state index contributed by atoms with van der Waals surface area (Å²) in [5, 5.41) is 9.79. The Labute approximate surface area is 105 Å². The Morgan fingerprint density at radius 2 is 1.88 bits per heavy atom. The number of hydrogen-bond acceptors (Lipinski definition) is 4. The molecule has 0 amide bonds. The molecule has 1 aromatic heterocycles. The van der Waals surface area contributed by atoms with Crippen molar-refractivity contribution in [2.45, 2.75) is 6.92 Å². The third-order valence-corrected chi connectivity index (χ3v) is 3.55. The first-order chi connectivity index (χ1) is 8.11. The number of aromatic nitrogens is 1. The Kier molecular flexibility index (Phi) is 3.12. The number of anilines is 1. The van der Waals surface area contributed by atoms with Gasteiger partial charge < -0.3 is 4.90 Å². The van der Waals surface area contributed by atoms with Crippen molar-refractivity contribution >= 4 is 17.0 Å². The van der Waals surface area contributed by atoms with Crippen molar-refractivity contribution in [3.63, 3.8) is 0 Å². The molecule has 0 saturated heterocycles. The number of rotatable bonds is 2. The Balaban J connectivity index is 2.37. The lowest BCUT2D eigenvalue weighted by atomic mass is 10.2. The molecule has 0 radical (unpaired) electrons. The molecule has 86 valence electrons. The highest BCUT2D eigenvalue weighted by atomic mass is 32.1. The Hall–Kier alpha value is -1.86. The van der Waals surface area contributed by atoms with E-state index >= 15 is 0 Å². The van der Waals surface area contributed by atoms with Gasteiger partial charge in [0, 0.05) is 30.2 Å². The predicted molar refractivity (Wildman–Crippen MR) is 71.3 cm³/mol. The summed E-state index contributed by atoms with van der Waals surface area (Å²) in [6.07, 6.45) is 0. The van der Waals surface area contributed by atoms with E-state index in [1.807, 2.05) is 33.2 Å². The third kappa shape index (κ3) is 2.29. The molecule has 0 aliphatic rings. The van der Waals surface area contributed by atoms with Crippen LogP contribution >= 0.6 is 11.3 Å². The topological polar surface area (TPSA) is 39.9 Å². The van der Waals surface area contributed by atoms with Gasteiger partial charge in [-0.05, 0) is 31.2 Å². The SMILES string of the molecule is Cc1sc(-c2ccc(N(C)C)cc2)nc1C#N. The van der Waals surface area contributed by atoms with Gasteiger partial charge in [-0.15, -0.1) is 11.3 Å². The molecule has 17 heavy (non-hydrogen) atoms. The second-order valence-electron chi connectivity index (χ2n) is 3.98. The minimum absolute atomic E-state index is 0.529. The van der Waals surface area contributed by atoms with Crippen LogP contribution in [0.15, 0.2) is 24.3 Å². The average molecular weight is 243 g/mol. The zero-order valence-corrected chi connectivity index (χ0v) is 10.9. The standard InChI is InChI=1S/C13H13N3S/c1-9-12(8-14)15-13(17-9)10-4-6-11(7-5-10)16(2)3/h4-7H,1-3H3. The van der Waals surface area contributed by atoms with E-state index in [9.17, 15) is 0 Å². The summed E-state index contributed by atoms with van der Waals surface area (Å²) in [5.41, 5.74) is 2.74. The number of nitriles is 1. The average Bonchev–Trinajstić information content (AvgIpc) is 2.70. The molecule has 0 aliphatic carbocycles. The van der Waals surface area contributed by atoms with Crippen molar-refractivity contribution in [2.24, 2.45) is 0 Å². The number of nitrogens with zero attached hydrogens (tertiary/aromatic N) is 3. The second-order valence-corrected chi connectivity index (χ2v) is 5.18. The highest BCUT2D eigenvalue weighted by Crippen LogP contribution is 2.28. The maximum Gasteiger partial charge on any atom is 0.155 e.